The molecular formula is C20H20N2O7S3. The lowest BCUT2D eigenvalue weighted by Gasteiger charge is -2.40. The molecule has 1 atom stereocenters. The molecule has 170 valence electrons. The van der Waals surface area contributed by atoms with Crippen LogP contribution < -0.4 is 0 Å². The van der Waals surface area contributed by atoms with Gasteiger partial charge in [-0.1, -0.05) is 6.08 Å². The smallest absolute Gasteiger partial charge is 0.357 e. The van der Waals surface area contributed by atoms with E-state index in [1.807, 2.05) is 0 Å². The molecule has 1 aliphatic heterocycles. The molecule has 1 fully saturated rings. The molecule has 1 aromatic carbocycles. The standard InChI is InChI=1S/C20H20N2O7S3/c1-4-9-30-17-10-16(25)21(17)18(20(31-12(2)23)32-13(3)24)19(26)29-11-14-5-7-15(8-6-14)22(27)28/h4-8,17H,1,9-11H2,2-3H3. The van der Waals surface area contributed by atoms with Crippen LogP contribution >= 0.6 is 35.3 Å². The van der Waals surface area contributed by atoms with Crippen LogP contribution in [-0.2, 0) is 30.5 Å². The SMILES string of the molecule is C=CCSC1CC(=O)N1C(C(=O)OCc1ccc([N+](=O)[O-])cc1)=C(SC(C)=O)SC(C)=O. The predicted molar refractivity (Wildman–Crippen MR) is 124 cm³/mol. The summed E-state index contributed by atoms with van der Waals surface area (Å²) in [6.07, 6.45) is 1.86. The van der Waals surface area contributed by atoms with Gasteiger partial charge in [-0.2, -0.15) is 0 Å². The van der Waals surface area contributed by atoms with Gasteiger partial charge < -0.3 is 4.74 Å². The largest absolute Gasteiger partial charge is 0.456 e. The van der Waals surface area contributed by atoms with Crippen molar-refractivity contribution in [3.63, 3.8) is 0 Å². The number of nitro benzene ring substituents is 1. The van der Waals surface area contributed by atoms with Crippen molar-refractivity contribution in [2.45, 2.75) is 32.2 Å². The van der Waals surface area contributed by atoms with Crippen LogP contribution in [0.4, 0.5) is 5.69 Å². The van der Waals surface area contributed by atoms with Gasteiger partial charge in [0.15, 0.2) is 15.9 Å². The Bertz CT molecular complexity index is 958. The van der Waals surface area contributed by atoms with Gasteiger partial charge in [0.1, 0.15) is 6.61 Å². The van der Waals surface area contributed by atoms with Gasteiger partial charge in [0.05, 0.1) is 21.0 Å². The van der Waals surface area contributed by atoms with Gasteiger partial charge in [0.2, 0.25) is 5.91 Å². The molecule has 12 heteroatoms. The molecule has 0 spiro atoms. The summed E-state index contributed by atoms with van der Waals surface area (Å²) < 4.78 is 5.42. The summed E-state index contributed by atoms with van der Waals surface area (Å²) in [6.45, 7) is 6.00. The summed E-state index contributed by atoms with van der Waals surface area (Å²) in [6, 6.07) is 5.46. The van der Waals surface area contributed by atoms with E-state index in [4.69, 9.17) is 4.74 Å². The first-order valence-corrected chi connectivity index (χ1v) is 11.9. The Morgan fingerprint density at radius 3 is 2.28 bits per heavy atom. The third-order valence-corrected chi connectivity index (χ3v) is 6.95. The number of thioether (sulfide) groups is 3. The number of carbonyl (C=O) groups excluding carboxylic acids is 4. The first kappa shape index (κ1) is 25.7. The molecule has 1 aromatic rings. The third-order valence-electron chi connectivity index (χ3n) is 3.93. The number of nitrogens with zero attached hydrogens (tertiary/aromatic N) is 2. The highest BCUT2D eigenvalue weighted by molar-refractivity contribution is 8.34. The van der Waals surface area contributed by atoms with Crippen molar-refractivity contribution in [2.24, 2.45) is 0 Å². The van der Waals surface area contributed by atoms with E-state index in [0.29, 0.717) is 34.8 Å². The highest BCUT2D eigenvalue weighted by Crippen LogP contribution is 2.41. The number of non-ortho nitro benzene ring substituents is 1. The van der Waals surface area contributed by atoms with Crippen molar-refractivity contribution in [1.29, 1.82) is 0 Å². The number of amides is 1. The minimum atomic E-state index is -0.877. The second-order valence-corrected chi connectivity index (χ2v) is 10.2. The molecule has 0 radical (unpaired) electrons. The maximum absolute atomic E-state index is 13.0. The fraction of sp³-hybridized carbons (Fsp3) is 0.300. The molecule has 1 unspecified atom stereocenters. The second-order valence-electron chi connectivity index (χ2n) is 6.37. The van der Waals surface area contributed by atoms with Crippen LogP contribution in [0.1, 0.15) is 25.8 Å². The van der Waals surface area contributed by atoms with Crippen LogP contribution in [0.3, 0.4) is 0 Å². The molecule has 1 aliphatic rings. The van der Waals surface area contributed by atoms with E-state index in [2.05, 4.69) is 6.58 Å². The van der Waals surface area contributed by atoms with Crippen LogP contribution in [0.15, 0.2) is 46.9 Å². The van der Waals surface area contributed by atoms with Crippen molar-refractivity contribution in [3.8, 4) is 0 Å². The quantitative estimate of drug-likeness (QED) is 0.118. The van der Waals surface area contributed by atoms with Crippen molar-refractivity contribution in [3.05, 3.63) is 62.5 Å². The Morgan fingerprint density at radius 2 is 1.81 bits per heavy atom. The highest BCUT2D eigenvalue weighted by atomic mass is 32.2. The summed E-state index contributed by atoms with van der Waals surface area (Å²) in [4.78, 5) is 60.4. The van der Waals surface area contributed by atoms with Crippen molar-refractivity contribution in [2.75, 3.05) is 5.75 Å². The van der Waals surface area contributed by atoms with E-state index in [1.165, 1.54) is 54.8 Å². The minimum absolute atomic E-state index is 0.0657. The Balaban J connectivity index is 2.34. The number of ether oxygens (including phenoxy) is 1. The average Bonchev–Trinajstić information content (AvgIpc) is 2.72. The van der Waals surface area contributed by atoms with Gasteiger partial charge in [-0.3, -0.25) is 29.4 Å². The lowest BCUT2D eigenvalue weighted by Crippen LogP contribution is -2.52. The number of hydrogen-bond acceptors (Lipinski definition) is 10. The highest BCUT2D eigenvalue weighted by Gasteiger charge is 2.43. The van der Waals surface area contributed by atoms with E-state index in [-0.39, 0.29) is 50.2 Å². The summed E-state index contributed by atoms with van der Waals surface area (Å²) in [7, 11) is 0. The fourth-order valence-corrected chi connectivity index (χ4v) is 5.50. The Labute approximate surface area is 197 Å². The van der Waals surface area contributed by atoms with Gasteiger partial charge in [-0.25, -0.2) is 4.79 Å². The van der Waals surface area contributed by atoms with Crippen LogP contribution in [-0.4, -0.2) is 43.1 Å². The van der Waals surface area contributed by atoms with Gasteiger partial charge >= 0.3 is 5.97 Å². The zero-order valence-corrected chi connectivity index (χ0v) is 19.7. The first-order valence-electron chi connectivity index (χ1n) is 9.20. The van der Waals surface area contributed by atoms with E-state index in [1.54, 1.807) is 6.08 Å². The summed E-state index contributed by atoms with van der Waals surface area (Å²) >= 11 is 2.75. The molecule has 0 bridgehead atoms. The maximum Gasteiger partial charge on any atom is 0.357 e. The number of esters is 1. The molecule has 0 aliphatic carbocycles. The van der Waals surface area contributed by atoms with Gasteiger partial charge in [-0.05, 0) is 41.2 Å². The molecular weight excluding hydrogens is 476 g/mol. The number of nitro groups is 1. The number of β-lactam (4-membered cyclic amide) rings is 1. The summed E-state index contributed by atoms with van der Waals surface area (Å²) in [5.74, 6) is -0.674. The van der Waals surface area contributed by atoms with Gasteiger partial charge in [0.25, 0.3) is 5.69 Å². The molecule has 9 nitrogen and oxygen atoms in total. The van der Waals surface area contributed by atoms with Gasteiger partial charge in [0, 0.05) is 31.7 Å². The Morgan fingerprint density at radius 1 is 1.22 bits per heavy atom. The number of likely N-dealkylation sites (tertiary alicyclic amines) is 1. The second kappa shape index (κ2) is 11.9. The normalized spacial score (nSPS) is 14.9. The van der Waals surface area contributed by atoms with Crippen molar-refractivity contribution >= 4 is 63.1 Å². The Kier molecular flexibility index (Phi) is 9.54. The predicted octanol–water partition coefficient (Wildman–Crippen LogP) is 3.84. The molecule has 32 heavy (non-hydrogen) atoms. The number of benzene rings is 1. The lowest BCUT2D eigenvalue weighted by molar-refractivity contribution is -0.384. The van der Waals surface area contributed by atoms with Crippen molar-refractivity contribution in [1.82, 2.24) is 4.90 Å². The maximum atomic E-state index is 13.0. The molecule has 0 N–H and O–H groups in total. The minimum Gasteiger partial charge on any atom is -0.456 e. The Hall–Kier alpha value is -2.57. The number of carbonyl (C=O) groups is 4. The summed E-state index contributed by atoms with van der Waals surface area (Å²) in [5, 5.41) is 9.69. The van der Waals surface area contributed by atoms with E-state index >= 15 is 0 Å². The molecule has 1 amide bonds. The molecule has 1 saturated heterocycles. The number of hydrogen-bond donors (Lipinski definition) is 0. The monoisotopic (exact) mass is 496 g/mol. The van der Waals surface area contributed by atoms with E-state index in [0.717, 1.165) is 0 Å². The summed E-state index contributed by atoms with van der Waals surface area (Å²) in [5.41, 5.74) is 0.229. The molecule has 0 saturated carbocycles. The molecule has 0 aromatic heterocycles. The average molecular weight is 497 g/mol. The van der Waals surface area contributed by atoms with Crippen molar-refractivity contribution < 1.29 is 28.8 Å². The zero-order valence-electron chi connectivity index (χ0n) is 17.3. The van der Waals surface area contributed by atoms with E-state index < -0.39 is 10.9 Å². The topological polar surface area (TPSA) is 124 Å². The zero-order chi connectivity index (χ0) is 23.8. The number of rotatable bonds is 10. The van der Waals surface area contributed by atoms with Crippen LogP contribution in [0.5, 0.6) is 0 Å². The first-order chi connectivity index (χ1) is 15.1. The van der Waals surface area contributed by atoms with Gasteiger partial charge in [-0.15, -0.1) is 18.3 Å². The molecule has 2 rings (SSSR count). The lowest BCUT2D eigenvalue weighted by atomic mass is 10.2. The molecule has 1 heterocycles. The van der Waals surface area contributed by atoms with Crippen LogP contribution in [0.25, 0.3) is 0 Å². The van der Waals surface area contributed by atoms with Crippen LogP contribution in [0.2, 0.25) is 0 Å². The third kappa shape index (κ3) is 6.97. The fourth-order valence-electron chi connectivity index (χ4n) is 2.56. The van der Waals surface area contributed by atoms with E-state index in [9.17, 15) is 29.3 Å². The van der Waals surface area contributed by atoms with Crippen LogP contribution in [0, 0.1) is 10.1 Å².